The molecule has 2 atom stereocenters. The van der Waals surface area contributed by atoms with Crippen molar-refractivity contribution in [1.29, 1.82) is 0 Å². The van der Waals surface area contributed by atoms with Gasteiger partial charge in [0.05, 0.1) is 12.0 Å². The fourth-order valence-electron chi connectivity index (χ4n) is 2.31. The van der Waals surface area contributed by atoms with Gasteiger partial charge in [0, 0.05) is 6.61 Å². The SMILES string of the molecule is O=C(O)CNC(=O)[C@@H]1CCCO[C@H]1c1ccccc1. The van der Waals surface area contributed by atoms with Crippen LogP contribution in [0.4, 0.5) is 0 Å². The number of benzene rings is 1. The molecular formula is C14H17NO4. The Morgan fingerprint density at radius 2 is 2.05 bits per heavy atom. The number of carboxylic acid groups (broad SMARTS) is 1. The third-order valence-corrected chi connectivity index (χ3v) is 3.20. The van der Waals surface area contributed by atoms with E-state index in [-0.39, 0.29) is 24.5 Å². The maximum atomic E-state index is 12.0. The Labute approximate surface area is 111 Å². The maximum Gasteiger partial charge on any atom is 0.322 e. The van der Waals surface area contributed by atoms with Crippen LogP contribution in [-0.2, 0) is 14.3 Å². The predicted octanol–water partition coefficient (Wildman–Crippen LogP) is 1.36. The van der Waals surface area contributed by atoms with Gasteiger partial charge in [-0.3, -0.25) is 9.59 Å². The topological polar surface area (TPSA) is 75.6 Å². The van der Waals surface area contributed by atoms with Crippen molar-refractivity contribution in [3.8, 4) is 0 Å². The van der Waals surface area contributed by atoms with Crippen molar-refractivity contribution in [2.45, 2.75) is 18.9 Å². The molecule has 2 N–H and O–H groups in total. The van der Waals surface area contributed by atoms with Gasteiger partial charge in [-0.2, -0.15) is 0 Å². The van der Waals surface area contributed by atoms with E-state index in [1.54, 1.807) is 0 Å². The minimum atomic E-state index is -1.04. The van der Waals surface area contributed by atoms with E-state index in [0.29, 0.717) is 13.0 Å². The molecule has 0 radical (unpaired) electrons. The maximum absolute atomic E-state index is 12.0. The van der Waals surface area contributed by atoms with Crippen LogP contribution in [0.3, 0.4) is 0 Å². The van der Waals surface area contributed by atoms with Crippen molar-refractivity contribution in [2.24, 2.45) is 5.92 Å². The molecule has 0 aromatic heterocycles. The van der Waals surface area contributed by atoms with Crippen molar-refractivity contribution in [1.82, 2.24) is 5.32 Å². The molecule has 1 fully saturated rings. The summed E-state index contributed by atoms with van der Waals surface area (Å²) in [6.45, 7) is 0.277. The zero-order valence-corrected chi connectivity index (χ0v) is 10.5. The highest BCUT2D eigenvalue weighted by molar-refractivity contribution is 5.83. The standard InChI is InChI=1S/C14H17NO4/c16-12(17)9-15-14(18)11-7-4-8-19-13(11)10-5-2-1-3-6-10/h1-3,5-6,11,13H,4,7-9H2,(H,15,18)(H,16,17)/t11-,13+/m1/s1. The summed E-state index contributed by atoms with van der Waals surface area (Å²) < 4.78 is 5.70. The zero-order chi connectivity index (χ0) is 13.7. The van der Waals surface area contributed by atoms with Crippen LogP contribution >= 0.6 is 0 Å². The summed E-state index contributed by atoms with van der Waals surface area (Å²) in [5.74, 6) is -1.62. The molecule has 5 heteroatoms. The monoisotopic (exact) mass is 263 g/mol. The highest BCUT2D eigenvalue weighted by atomic mass is 16.5. The summed E-state index contributed by atoms with van der Waals surface area (Å²) in [6, 6.07) is 9.56. The van der Waals surface area contributed by atoms with Gasteiger partial charge in [-0.15, -0.1) is 0 Å². The van der Waals surface area contributed by atoms with Gasteiger partial charge in [0.1, 0.15) is 6.54 Å². The summed E-state index contributed by atoms with van der Waals surface area (Å²) in [4.78, 5) is 22.5. The highest BCUT2D eigenvalue weighted by Crippen LogP contribution is 2.33. The van der Waals surface area contributed by atoms with Gasteiger partial charge in [-0.1, -0.05) is 30.3 Å². The molecule has 1 aromatic carbocycles. The Bertz CT molecular complexity index is 446. The number of carbonyl (C=O) groups is 2. The zero-order valence-electron chi connectivity index (χ0n) is 10.5. The van der Waals surface area contributed by atoms with E-state index in [1.165, 1.54) is 0 Å². The lowest BCUT2D eigenvalue weighted by Crippen LogP contribution is -2.39. The summed E-state index contributed by atoms with van der Waals surface area (Å²) in [5.41, 5.74) is 0.956. The second-order valence-corrected chi connectivity index (χ2v) is 4.56. The number of carboxylic acids is 1. The molecule has 0 spiro atoms. The predicted molar refractivity (Wildman–Crippen MR) is 68.5 cm³/mol. The number of aliphatic carboxylic acids is 1. The third-order valence-electron chi connectivity index (χ3n) is 3.20. The highest BCUT2D eigenvalue weighted by Gasteiger charge is 2.32. The number of hydrogen-bond donors (Lipinski definition) is 2. The molecule has 1 amide bonds. The van der Waals surface area contributed by atoms with E-state index in [4.69, 9.17) is 9.84 Å². The van der Waals surface area contributed by atoms with E-state index >= 15 is 0 Å². The molecule has 1 aliphatic heterocycles. The molecule has 5 nitrogen and oxygen atoms in total. The number of nitrogens with one attached hydrogen (secondary N) is 1. The van der Waals surface area contributed by atoms with Crippen molar-refractivity contribution in [3.05, 3.63) is 35.9 Å². The molecule has 0 aliphatic carbocycles. The average molecular weight is 263 g/mol. The first-order chi connectivity index (χ1) is 9.18. The molecule has 0 saturated carbocycles. The Morgan fingerprint density at radius 3 is 2.74 bits per heavy atom. The van der Waals surface area contributed by atoms with E-state index in [1.807, 2.05) is 30.3 Å². The van der Waals surface area contributed by atoms with Crippen LogP contribution in [0.1, 0.15) is 24.5 Å². The number of hydrogen-bond acceptors (Lipinski definition) is 3. The van der Waals surface area contributed by atoms with Crippen LogP contribution in [-0.4, -0.2) is 30.1 Å². The number of amides is 1. The van der Waals surface area contributed by atoms with Crippen LogP contribution in [0, 0.1) is 5.92 Å². The van der Waals surface area contributed by atoms with E-state index < -0.39 is 5.97 Å². The summed E-state index contributed by atoms with van der Waals surface area (Å²) in [6.07, 6.45) is 1.24. The Hall–Kier alpha value is -1.88. The number of carbonyl (C=O) groups excluding carboxylic acids is 1. The molecule has 0 unspecified atom stereocenters. The van der Waals surface area contributed by atoms with Gasteiger partial charge in [0.15, 0.2) is 0 Å². The first-order valence-corrected chi connectivity index (χ1v) is 6.34. The smallest absolute Gasteiger partial charge is 0.322 e. The molecule has 1 aliphatic rings. The lowest BCUT2D eigenvalue weighted by molar-refractivity contribution is -0.141. The van der Waals surface area contributed by atoms with Crippen LogP contribution < -0.4 is 5.32 Å². The molecule has 0 bridgehead atoms. The number of rotatable bonds is 4. The molecule has 1 aromatic rings. The minimum Gasteiger partial charge on any atom is -0.480 e. The van der Waals surface area contributed by atoms with Crippen molar-refractivity contribution >= 4 is 11.9 Å². The normalized spacial score (nSPS) is 22.7. The van der Waals surface area contributed by atoms with Crippen molar-refractivity contribution in [3.63, 3.8) is 0 Å². The van der Waals surface area contributed by atoms with Crippen molar-refractivity contribution in [2.75, 3.05) is 13.2 Å². The van der Waals surface area contributed by atoms with E-state index in [0.717, 1.165) is 12.0 Å². The molecular weight excluding hydrogens is 246 g/mol. The average Bonchev–Trinajstić information content (AvgIpc) is 2.45. The van der Waals surface area contributed by atoms with Crippen LogP contribution in [0.25, 0.3) is 0 Å². The Morgan fingerprint density at radius 1 is 1.32 bits per heavy atom. The molecule has 1 saturated heterocycles. The first-order valence-electron chi connectivity index (χ1n) is 6.34. The largest absolute Gasteiger partial charge is 0.480 e. The quantitative estimate of drug-likeness (QED) is 0.860. The van der Waals surface area contributed by atoms with E-state index in [9.17, 15) is 9.59 Å². The fourth-order valence-corrected chi connectivity index (χ4v) is 2.31. The lowest BCUT2D eigenvalue weighted by Gasteiger charge is -2.31. The Balaban J connectivity index is 2.08. The fraction of sp³-hybridized carbons (Fsp3) is 0.429. The van der Waals surface area contributed by atoms with Crippen molar-refractivity contribution < 1.29 is 19.4 Å². The second-order valence-electron chi connectivity index (χ2n) is 4.56. The second kappa shape index (κ2) is 6.33. The lowest BCUT2D eigenvalue weighted by atomic mass is 9.89. The van der Waals surface area contributed by atoms with Gasteiger partial charge in [0.2, 0.25) is 5.91 Å². The number of ether oxygens (including phenoxy) is 1. The van der Waals surface area contributed by atoms with Crippen LogP contribution in [0.2, 0.25) is 0 Å². The summed E-state index contributed by atoms with van der Waals surface area (Å²) in [5, 5.41) is 11.0. The van der Waals surface area contributed by atoms with Crippen LogP contribution in [0.5, 0.6) is 0 Å². The van der Waals surface area contributed by atoms with Gasteiger partial charge >= 0.3 is 5.97 Å². The molecule has 2 rings (SSSR count). The third kappa shape index (κ3) is 3.54. The molecule has 102 valence electrons. The Kier molecular flexibility index (Phi) is 4.52. The first kappa shape index (κ1) is 13.5. The van der Waals surface area contributed by atoms with E-state index in [2.05, 4.69) is 5.32 Å². The van der Waals surface area contributed by atoms with Gasteiger partial charge < -0.3 is 15.2 Å². The van der Waals surface area contributed by atoms with Crippen LogP contribution in [0.15, 0.2) is 30.3 Å². The van der Waals surface area contributed by atoms with Gasteiger partial charge in [0.25, 0.3) is 0 Å². The molecule has 1 heterocycles. The summed E-state index contributed by atoms with van der Waals surface area (Å²) >= 11 is 0. The summed E-state index contributed by atoms with van der Waals surface area (Å²) in [7, 11) is 0. The molecule has 19 heavy (non-hydrogen) atoms. The minimum absolute atomic E-state index is 0.254. The van der Waals surface area contributed by atoms with Gasteiger partial charge in [-0.25, -0.2) is 0 Å². The van der Waals surface area contributed by atoms with Gasteiger partial charge in [-0.05, 0) is 18.4 Å².